The van der Waals surface area contributed by atoms with Gasteiger partial charge in [0.1, 0.15) is 19.8 Å². The van der Waals surface area contributed by atoms with Crippen LogP contribution in [0.15, 0.2) is 12.2 Å². The summed E-state index contributed by atoms with van der Waals surface area (Å²) in [4.78, 5) is 38.2. The van der Waals surface area contributed by atoms with E-state index in [1.54, 1.807) is 0 Å². The zero-order valence-electron chi connectivity index (χ0n) is 62.8. The molecule has 0 amide bonds. The van der Waals surface area contributed by atoms with Crippen LogP contribution in [0.2, 0.25) is 0 Å². The number of rotatable bonds is 79. The third-order valence-electron chi connectivity index (χ3n) is 19.3. The Kier molecular flexibility index (Phi) is 73.0. The first kappa shape index (κ1) is 90.8. The van der Waals surface area contributed by atoms with Gasteiger partial charge < -0.3 is 27.9 Å². The van der Waals surface area contributed by atoms with Crippen LogP contribution in [0.25, 0.3) is 0 Å². The molecule has 0 aromatic heterocycles. The van der Waals surface area contributed by atoms with E-state index in [9.17, 15) is 19.0 Å². The van der Waals surface area contributed by atoms with Gasteiger partial charge in [0.25, 0.3) is 7.82 Å². The van der Waals surface area contributed by atoms with Crippen molar-refractivity contribution in [2.45, 2.75) is 457 Å². The molecule has 0 aromatic rings. The molecule has 0 aliphatic heterocycles. The predicted molar refractivity (Wildman–Crippen MR) is 398 cm³/mol. The molecule has 0 aliphatic carbocycles. The number of carbonyl (C=O) groups is 2. The Labute approximate surface area is 575 Å². The van der Waals surface area contributed by atoms with Crippen LogP contribution >= 0.6 is 7.82 Å². The standard InChI is InChI=1S/C82H162NO8P/c1-6-8-10-12-14-16-18-20-22-24-26-28-30-32-34-35-36-37-38-39-40-41-42-43-44-45-46-47-49-50-52-54-56-58-60-62-64-66-68-70-72-74-81(84)88-78-80(79-90-92(86,87)89-77-76-83(3,4)5)91-82(85)75-73-71-69-67-65-63-61-59-57-55-53-51-48-33-31-29-27-25-23-21-19-17-15-13-11-9-7-2/h25,27,80H,6-24,26,28-79H2,1-5H3/b27-25-. The fourth-order valence-electron chi connectivity index (χ4n) is 13.0. The van der Waals surface area contributed by atoms with Crippen molar-refractivity contribution >= 4 is 19.8 Å². The maximum absolute atomic E-state index is 12.9. The molecule has 0 aromatic carbocycles. The van der Waals surface area contributed by atoms with Crippen LogP contribution in [0, 0.1) is 0 Å². The summed E-state index contributed by atoms with van der Waals surface area (Å²) >= 11 is 0. The Balaban J connectivity index is 3.84. The molecule has 548 valence electrons. The molecule has 0 N–H and O–H groups in total. The molecule has 10 heteroatoms. The number of unbranched alkanes of at least 4 members (excludes halogenated alkanes) is 63. The van der Waals surface area contributed by atoms with Gasteiger partial charge in [0.2, 0.25) is 0 Å². The monoisotopic (exact) mass is 1320 g/mol. The van der Waals surface area contributed by atoms with E-state index in [-0.39, 0.29) is 32.0 Å². The third kappa shape index (κ3) is 77.8. The quantitative estimate of drug-likeness (QED) is 0.0195. The summed E-state index contributed by atoms with van der Waals surface area (Å²) < 4.78 is 34.4. The molecular formula is C82H162NO8P. The number of hydrogen-bond acceptors (Lipinski definition) is 8. The summed E-state index contributed by atoms with van der Waals surface area (Å²) in [5.74, 6) is -0.804. The highest BCUT2D eigenvalue weighted by atomic mass is 31.2. The van der Waals surface area contributed by atoms with E-state index in [1.807, 2.05) is 21.1 Å². The van der Waals surface area contributed by atoms with Crippen molar-refractivity contribution in [2.75, 3.05) is 47.5 Å². The minimum atomic E-state index is -4.64. The third-order valence-corrected chi connectivity index (χ3v) is 20.2. The van der Waals surface area contributed by atoms with Gasteiger partial charge in [-0.15, -0.1) is 0 Å². The van der Waals surface area contributed by atoms with Crippen LogP contribution in [0.5, 0.6) is 0 Å². The van der Waals surface area contributed by atoms with Crippen molar-refractivity contribution < 1.29 is 42.1 Å². The SMILES string of the molecule is CCCCCCCCCC/C=C\CCCCCCCCCCCCCCCCCC(=O)OC(COC(=O)CCCCCCCCCCCCCCCCCCCCCCCCCCCCCCCCCCCCCCCCCCC)COP(=O)([O-])OCC[N+](C)(C)C. The number of hydrogen-bond donors (Lipinski definition) is 0. The van der Waals surface area contributed by atoms with Crippen LogP contribution in [0.1, 0.15) is 450 Å². The van der Waals surface area contributed by atoms with Gasteiger partial charge in [-0.25, -0.2) is 0 Å². The molecule has 0 bridgehead atoms. The second-order valence-electron chi connectivity index (χ2n) is 29.9. The number of esters is 2. The zero-order chi connectivity index (χ0) is 66.9. The Morgan fingerprint density at radius 2 is 0.554 bits per heavy atom. The first-order valence-corrected chi connectivity index (χ1v) is 42.9. The highest BCUT2D eigenvalue weighted by Gasteiger charge is 2.22. The minimum Gasteiger partial charge on any atom is -0.756 e. The maximum atomic E-state index is 12.9. The number of quaternary nitrogens is 1. The average molecular weight is 1320 g/mol. The molecule has 2 unspecified atom stereocenters. The molecule has 2 atom stereocenters. The van der Waals surface area contributed by atoms with Crippen LogP contribution in [-0.2, 0) is 32.7 Å². The van der Waals surface area contributed by atoms with E-state index in [4.69, 9.17) is 18.5 Å². The van der Waals surface area contributed by atoms with E-state index in [0.29, 0.717) is 17.4 Å². The molecule has 0 rings (SSSR count). The molecule has 0 aliphatic rings. The van der Waals surface area contributed by atoms with Crippen LogP contribution in [0.3, 0.4) is 0 Å². The normalized spacial score (nSPS) is 13.0. The molecule has 0 fully saturated rings. The Morgan fingerprint density at radius 3 is 0.804 bits per heavy atom. The number of carbonyl (C=O) groups excluding carboxylic acids is 2. The summed E-state index contributed by atoms with van der Waals surface area (Å²) in [6, 6.07) is 0. The summed E-state index contributed by atoms with van der Waals surface area (Å²) in [5, 5.41) is 0. The van der Waals surface area contributed by atoms with Crippen molar-refractivity contribution in [3.63, 3.8) is 0 Å². The smallest absolute Gasteiger partial charge is 0.306 e. The Hall–Kier alpha value is -1.25. The van der Waals surface area contributed by atoms with Crippen LogP contribution in [0.4, 0.5) is 0 Å². The number of nitrogens with zero attached hydrogens (tertiary/aromatic N) is 1. The summed E-state index contributed by atoms with van der Waals surface area (Å²) in [5.41, 5.74) is 0. The first-order chi connectivity index (χ1) is 45.0. The van der Waals surface area contributed by atoms with Gasteiger partial charge >= 0.3 is 11.9 Å². The van der Waals surface area contributed by atoms with Gasteiger partial charge in [0.05, 0.1) is 27.7 Å². The highest BCUT2D eigenvalue weighted by molar-refractivity contribution is 7.45. The summed E-state index contributed by atoms with van der Waals surface area (Å²) in [6.07, 6.45) is 93.7. The molecule has 0 heterocycles. The number of likely N-dealkylation sites (N-methyl/N-ethyl adjacent to an activating group) is 1. The molecule has 92 heavy (non-hydrogen) atoms. The van der Waals surface area contributed by atoms with Crippen molar-refractivity contribution in [3.8, 4) is 0 Å². The lowest BCUT2D eigenvalue weighted by molar-refractivity contribution is -0.870. The lowest BCUT2D eigenvalue weighted by atomic mass is 10.0. The second-order valence-corrected chi connectivity index (χ2v) is 31.3. The van der Waals surface area contributed by atoms with Crippen molar-refractivity contribution in [2.24, 2.45) is 0 Å². The fraction of sp³-hybridized carbons (Fsp3) is 0.951. The highest BCUT2D eigenvalue weighted by Crippen LogP contribution is 2.38. The first-order valence-electron chi connectivity index (χ1n) is 41.4. The van der Waals surface area contributed by atoms with Crippen LogP contribution < -0.4 is 4.89 Å². The van der Waals surface area contributed by atoms with E-state index < -0.39 is 26.5 Å². The minimum absolute atomic E-state index is 0.0261. The van der Waals surface area contributed by atoms with E-state index in [1.165, 1.54) is 385 Å². The molecule has 0 radical (unpaired) electrons. The van der Waals surface area contributed by atoms with Gasteiger partial charge in [-0.3, -0.25) is 14.2 Å². The van der Waals surface area contributed by atoms with Crippen molar-refractivity contribution in [1.29, 1.82) is 0 Å². The summed E-state index contributed by atoms with van der Waals surface area (Å²) in [6.45, 7) is 4.34. The number of phosphoric acid groups is 1. The lowest BCUT2D eigenvalue weighted by Crippen LogP contribution is -2.37. The maximum Gasteiger partial charge on any atom is 0.306 e. The van der Waals surface area contributed by atoms with Gasteiger partial charge in [0.15, 0.2) is 6.10 Å². The fourth-order valence-corrected chi connectivity index (χ4v) is 13.7. The van der Waals surface area contributed by atoms with E-state index in [0.717, 1.165) is 32.1 Å². The van der Waals surface area contributed by atoms with Crippen molar-refractivity contribution in [3.05, 3.63) is 12.2 Å². The molecule has 9 nitrogen and oxygen atoms in total. The predicted octanol–water partition coefficient (Wildman–Crippen LogP) is 26.8. The van der Waals surface area contributed by atoms with E-state index in [2.05, 4.69) is 26.0 Å². The second kappa shape index (κ2) is 74.0. The van der Waals surface area contributed by atoms with Crippen LogP contribution in [-0.4, -0.2) is 70.0 Å². The topological polar surface area (TPSA) is 111 Å². The number of allylic oxidation sites excluding steroid dienone is 2. The Bertz CT molecular complexity index is 1550. The van der Waals surface area contributed by atoms with Gasteiger partial charge in [0, 0.05) is 12.8 Å². The lowest BCUT2D eigenvalue weighted by Gasteiger charge is -2.28. The molecule has 0 spiro atoms. The van der Waals surface area contributed by atoms with Crippen molar-refractivity contribution in [1.82, 2.24) is 0 Å². The number of ether oxygens (including phenoxy) is 2. The van der Waals surface area contributed by atoms with Gasteiger partial charge in [-0.2, -0.15) is 0 Å². The zero-order valence-corrected chi connectivity index (χ0v) is 63.7. The van der Waals surface area contributed by atoms with E-state index >= 15 is 0 Å². The Morgan fingerprint density at radius 1 is 0.326 bits per heavy atom. The van der Waals surface area contributed by atoms with Gasteiger partial charge in [-0.05, 0) is 38.5 Å². The summed E-state index contributed by atoms with van der Waals surface area (Å²) in [7, 11) is 1.20. The molecular weight excluding hydrogens is 1160 g/mol. The number of phosphoric ester groups is 1. The van der Waals surface area contributed by atoms with Gasteiger partial charge in [-0.1, -0.05) is 411 Å². The average Bonchev–Trinajstić information content (AvgIpc) is 2.14. The largest absolute Gasteiger partial charge is 0.756 e. The molecule has 0 saturated heterocycles. The molecule has 0 saturated carbocycles.